The highest BCUT2D eigenvalue weighted by atomic mass is 19.1. The van der Waals surface area contributed by atoms with Gasteiger partial charge in [-0.1, -0.05) is 12.1 Å². The molecule has 2 aromatic carbocycles. The van der Waals surface area contributed by atoms with E-state index in [0.717, 1.165) is 29.8 Å². The Hall–Kier alpha value is -4.32. The molecule has 192 valence electrons. The summed E-state index contributed by atoms with van der Waals surface area (Å²) in [6, 6.07) is 9.47. The highest BCUT2D eigenvalue weighted by molar-refractivity contribution is 5.99. The Balaban J connectivity index is 1.20. The van der Waals surface area contributed by atoms with Crippen LogP contribution in [-0.4, -0.2) is 34.6 Å². The lowest BCUT2D eigenvalue weighted by atomic mass is 9.99. The molecule has 2 aliphatic rings. The molecule has 37 heavy (non-hydrogen) atoms. The van der Waals surface area contributed by atoms with Crippen molar-refractivity contribution in [3.63, 3.8) is 0 Å². The topological polar surface area (TPSA) is 131 Å². The smallest absolute Gasteiger partial charge is 0.324 e. The Morgan fingerprint density at radius 2 is 1.92 bits per heavy atom. The van der Waals surface area contributed by atoms with Crippen LogP contribution in [0.1, 0.15) is 48.7 Å². The highest BCUT2D eigenvalue weighted by Crippen LogP contribution is 2.29. The molecule has 2 aliphatic heterocycles. The minimum atomic E-state index is -0.903. The van der Waals surface area contributed by atoms with Gasteiger partial charge in [-0.15, -0.1) is 0 Å². The number of fused-ring (bicyclic) bond motifs is 1. The van der Waals surface area contributed by atoms with E-state index >= 15 is 0 Å². The first-order valence-corrected chi connectivity index (χ1v) is 11.8. The molecule has 3 aromatic rings. The molecule has 0 spiro atoms. The summed E-state index contributed by atoms with van der Waals surface area (Å²) in [7, 11) is 0. The van der Waals surface area contributed by atoms with Crippen molar-refractivity contribution >= 4 is 35.0 Å². The average Bonchev–Trinajstić information content (AvgIpc) is 3.59. The van der Waals surface area contributed by atoms with Gasteiger partial charge in [-0.05, 0) is 43.2 Å². The molecule has 1 saturated heterocycles. The summed E-state index contributed by atoms with van der Waals surface area (Å²) in [5.41, 5.74) is 2.69. The lowest BCUT2D eigenvalue weighted by Gasteiger charge is -2.19. The third-order valence-corrected chi connectivity index (χ3v) is 6.54. The van der Waals surface area contributed by atoms with Crippen LogP contribution in [0.2, 0.25) is 0 Å². The predicted octanol–water partition coefficient (Wildman–Crippen LogP) is 3.48. The van der Waals surface area contributed by atoms with Crippen LogP contribution in [0.4, 0.5) is 30.8 Å². The summed E-state index contributed by atoms with van der Waals surface area (Å²) < 4.78 is 26.9. The normalized spacial score (nSPS) is 17.4. The lowest BCUT2D eigenvalue weighted by Crippen LogP contribution is -2.37. The van der Waals surface area contributed by atoms with Crippen molar-refractivity contribution in [1.29, 1.82) is 0 Å². The van der Waals surface area contributed by atoms with E-state index in [2.05, 4.69) is 31.5 Å². The van der Waals surface area contributed by atoms with Crippen molar-refractivity contribution in [3.8, 4) is 0 Å². The number of urea groups is 1. The van der Waals surface area contributed by atoms with Gasteiger partial charge in [0.1, 0.15) is 17.8 Å². The standard InChI is InChI=1S/C25H25F2N7O3/c1-13(14-4-7-16(8-5-14)34-10-2-3-20(34)35)24(36)30-23-21-17(12-28-23)22(33-32-21)31-25(37)29-19-9-6-15(26)11-18(19)27/h4-9,11,13,23,28H,2-3,10,12H2,1H3,(H,30,36)(H3,29,31,32,33,37). The third kappa shape index (κ3) is 5.00. The quantitative estimate of drug-likeness (QED) is 0.347. The number of aromatic nitrogens is 2. The first-order valence-electron chi connectivity index (χ1n) is 11.8. The molecule has 2 atom stereocenters. The second-order valence-corrected chi connectivity index (χ2v) is 8.95. The van der Waals surface area contributed by atoms with E-state index in [-0.39, 0.29) is 23.3 Å². The van der Waals surface area contributed by atoms with Gasteiger partial charge in [0.2, 0.25) is 11.8 Å². The molecule has 0 aliphatic carbocycles. The van der Waals surface area contributed by atoms with Gasteiger partial charge in [-0.2, -0.15) is 5.10 Å². The number of carbonyl (C=O) groups excluding carboxylic acids is 3. The Bertz CT molecular complexity index is 1360. The number of hydrogen-bond donors (Lipinski definition) is 5. The second kappa shape index (κ2) is 9.97. The molecule has 3 heterocycles. The molecule has 12 heteroatoms. The molecule has 0 radical (unpaired) electrons. The molecular formula is C25H25F2N7O3. The van der Waals surface area contributed by atoms with Crippen LogP contribution in [0.15, 0.2) is 42.5 Å². The van der Waals surface area contributed by atoms with Crippen LogP contribution in [0.5, 0.6) is 0 Å². The van der Waals surface area contributed by atoms with Crippen molar-refractivity contribution in [2.75, 3.05) is 22.1 Å². The van der Waals surface area contributed by atoms with Gasteiger partial charge in [-0.25, -0.2) is 13.6 Å². The van der Waals surface area contributed by atoms with Crippen molar-refractivity contribution in [3.05, 3.63) is 70.9 Å². The van der Waals surface area contributed by atoms with Gasteiger partial charge in [-0.3, -0.25) is 25.3 Å². The van der Waals surface area contributed by atoms with Crippen LogP contribution in [0.25, 0.3) is 0 Å². The Morgan fingerprint density at radius 1 is 1.14 bits per heavy atom. The zero-order valence-corrected chi connectivity index (χ0v) is 19.9. The number of nitrogens with zero attached hydrogens (tertiary/aromatic N) is 2. The van der Waals surface area contributed by atoms with E-state index in [4.69, 9.17) is 0 Å². The Morgan fingerprint density at radius 3 is 2.62 bits per heavy atom. The van der Waals surface area contributed by atoms with Crippen molar-refractivity contribution in [1.82, 2.24) is 20.8 Å². The third-order valence-electron chi connectivity index (χ3n) is 6.54. The van der Waals surface area contributed by atoms with Crippen molar-refractivity contribution in [2.24, 2.45) is 0 Å². The van der Waals surface area contributed by atoms with Gasteiger partial charge in [0, 0.05) is 36.8 Å². The molecule has 0 saturated carbocycles. The van der Waals surface area contributed by atoms with Crippen molar-refractivity contribution < 1.29 is 23.2 Å². The van der Waals surface area contributed by atoms with Gasteiger partial charge < -0.3 is 15.5 Å². The second-order valence-electron chi connectivity index (χ2n) is 8.95. The summed E-state index contributed by atoms with van der Waals surface area (Å²) in [6.07, 6.45) is 0.851. The zero-order chi connectivity index (χ0) is 26.1. The monoisotopic (exact) mass is 509 g/mol. The molecule has 5 rings (SSSR count). The number of carbonyl (C=O) groups is 3. The van der Waals surface area contributed by atoms with Crippen LogP contribution < -0.4 is 26.2 Å². The first kappa shape index (κ1) is 24.4. The summed E-state index contributed by atoms with van der Waals surface area (Å²) in [5, 5.41) is 17.8. The van der Waals surface area contributed by atoms with Crippen LogP contribution >= 0.6 is 0 Å². The van der Waals surface area contributed by atoms with E-state index in [1.807, 2.05) is 24.3 Å². The van der Waals surface area contributed by atoms with E-state index in [0.29, 0.717) is 36.8 Å². The number of nitrogens with one attached hydrogen (secondary N) is 5. The van der Waals surface area contributed by atoms with Crippen LogP contribution in [0.3, 0.4) is 0 Å². The van der Waals surface area contributed by atoms with E-state index in [1.165, 1.54) is 0 Å². The number of anilines is 3. The maximum absolute atomic E-state index is 13.8. The maximum Gasteiger partial charge on any atom is 0.324 e. The summed E-state index contributed by atoms with van der Waals surface area (Å²) in [6.45, 7) is 2.82. The van der Waals surface area contributed by atoms with E-state index in [1.54, 1.807) is 11.8 Å². The minimum Gasteiger partial charge on any atom is -0.335 e. The van der Waals surface area contributed by atoms with Gasteiger partial charge in [0.25, 0.3) is 0 Å². The summed E-state index contributed by atoms with van der Waals surface area (Å²) in [4.78, 5) is 39.0. The fourth-order valence-corrected chi connectivity index (χ4v) is 4.46. The van der Waals surface area contributed by atoms with Crippen molar-refractivity contribution in [2.45, 2.75) is 38.4 Å². The Kier molecular flexibility index (Phi) is 6.57. The van der Waals surface area contributed by atoms with Gasteiger partial charge in [0.15, 0.2) is 5.82 Å². The SMILES string of the molecule is CC(C(=O)NC1NCc2c(NC(=O)Nc3ccc(F)cc3F)n[nH]c21)c1ccc(N2CCCC2=O)cc1. The summed E-state index contributed by atoms with van der Waals surface area (Å²) >= 11 is 0. The molecule has 2 unspecified atom stereocenters. The van der Waals surface area contributed by atoms with Crippen LogP contribution in [0, 0.1) is 11.6 Å². The first-order chi connectivity index (χ1) is 17.8. The molecule has 1 fully saturated rings. The minimum absolute atomic E-state index is 0.107. The zero-order valence-electron chi connectivity index (χ0n) is 19.9. The van der Waals surface area contributed by atoms with E-state index < -0.39 is 29.7 Å². The fraction of sp³-hybridized carbons (Fsp3) is 0.280. The van der Waals surface area contributed by atoms with Gasteiger partial charge >= 0.3 is 6.03 Å². The molecule has 10 nitrogen and oxygen atoms in total. The number of rotatable bonds is 6. The Labute approximate surface area is 210 Å². The number of amides is 4. The van der Waals surface area contributed by atoms with E-state index in [9.17, 15) is 23.2 Å². The number of halogens is 2. The summed E-state index contributed by atoms with van der Waals surface area (Å²) in [5.74, 6) is -2.00. The number of aromatic amines is 1. The van der Waals surface area contributed by atoms with Gasteiger partial charge in [0.05, 0.1) is 17.3 Å². The molecule has 1 aromatic heterocycles. The average molecular weight is 510 g/mol. The lowest BCUT2D eigenvalue weighted by molar-refractivity contribution is -0.123. The number of benzene rings is 2. The van der Waals surface area contributed by atoms with Crippen LogP contribution in [-0.2, 0) is 16.1 Å². The molecular weight excluding hydrogens is 484 g/mol. The number of hydrogen-bond acceptors (Lipinski definition) is 5. The highest BCUT2D eigenvalue weighted by Gasteiger charge is 2.31. The largest absolute Gasteiger partial charge is 0.335 e. The number of H-pyrrole nitrogens is 1. The predicted molar refractivity (Wildman–Crippen MR) is 132 cm³/mol. The molecule has 5 N–H and O–H groups in total. The molecule has 4 amide bonds. The maximum atomic E-state index is 13.8. The molecule has 0 bridgehead atoms. The fourth-order valence-electron chi connectivity index (χ4n) is 4.46.